The Morgan fingerprint density at radius 1 is 1.40 bits per heavy atom. The van der Waals surface area contributed by atoms with Gasteiger partial charge in [0.2, 0.25) is 11.8 Å². The molecule has 2 N–H and O–H groups in total. The zero-order chi connectivity index (χ0) is 15.3. The van der Waals surface area contributed by atoms with E-state index in [1.165, 1.54) is 0 Å². The Balaban J connectivity index is 2.70. The number of hydrogen-bond acceptors (Lipinski definition) is 3. The second-order valence-electron chi connectivity index (χ2n) is 6.67. The van der Waals surface area contributed by atoms with Gasteiger partial charge in [0.15, 0.2) is 0 Å². The van der Waals surface area contributed by atoms with Gasteiger partial charge in [0.05, 0.1) is 0 Å². The SMILES string of the molecule is CCNC(=O)C1CNCCN1C(=O)CC(C)C(C)(C)C. The lowest BCUT2D eigenvalue weighted by Gasteiger charge is -2.37. The summed E-state index contributed by atoms with van der Waals surface area (Å²) in [6, 6.07) is -0.372. The van der Waals surface area contributed by atoms with Crippen LogP contribution in [0, 0.1) is 11.3 Å². The van der Waals surface area contributed by atoms with Crippen molar-refractivity contribution < 1.29 is 9.59 Å². The van der Waals surface area contributed by atoms with E-state index in [1.54, 1.807) is 4.90 Å². The van der Waals surface area contributed by atoms with Crippen molar-refractivity contribution >= 4 is 11.8 Å². The van der Waals surface area contributed by atoms with Gasteiger partial charge < -0.3 is 15.5 Å². The first-order valence-corrected chi connectivity index (χ1v) is 7.55. The maximum atomic E-state index is 12.5. The summed E-state index contributed by atoms with van der Waals surface area (Å²) in [5.74, 6) is 0.321. The van der Waals surface area contributed by atoms with E-state index in [0.717, 1.165) is 6.54 Å². The summed E-state index contributed by atoms with van der Waals surface area (Å²) in [4.78, 5) is 26.3. The van der Waals surface area contributed by atoms with Crippen LogP contribution in [-0.4, -0.2) is 48.9 Å². The van der Waals surface area contributed by atoms with Crippen molar-refractivity contribution in [1.29, 1.82) is 0 Å². The van der Waals surface area contributed by atoms with E-state index in [0.29, 0.717) is 32.0 Å². The van der Waals surface area contributed by atoms with Crippen LogP contribution in [0.25, 0.3) is 0 Å². The zero-order valence-corrected chi connectivity index (χ0v) is 13.5. The molecule has 1 aliphatic rings. The van der Waals surface area contributed by atoms with E-state index in [9.17, 15) is 9.59 Å². The number of hydrogen-bond donors (Lipinski definition) is 2. The number of carbonyl (C=O) groups excluding carboxylic acids is 2. The molecule has 0 aromatic carbocycles. The molecule has 2 amide bonds. The number of piperazine rings is 1. The Labute approximate surface area is 122 Å². The standard InChI is InChI=1S/C15H29N3O2/c1-6-17-14(20)12-10-16-7-8-18(12)13(19)9-11(2)15(3,4)5/h11-12,16H,6-10H2,1-5H3,(H,17,20). The smallest absolute Gasteiger partial charge is 0.244 e. The quantitative estimate of drug-likeness (QED) is 0.809. The summed E-state index contributed by atoms with van der Waals surface area (Å²) in [5, 5.41) is 6.00. The molecule has 1 fully saturated rings. The molecular formula is C15H29N3O2. The van der Waals surface area contributed by atoms with Gasteiger partial charge in [-0.3, -0.25) is 9.59 Å². The van der Waals surface area contributed by atoms with E-state index in [2.05, 4.69) is 38.3 Å². The van der Waals surface area contributed by atoms with Gasteiger partial charge in [-0.15, -0.1) is 0 Å². The van der Waals surface area contributed by atoms with E-state index in [1.807, 2.05) is 6.92 Å². The van der Waals surface area contributed by atoms with Crippen molar-refractivity contribution in [3.63, 3.8) is 0 Å². The summed E-state index contributed by atoms with van der Waals surface area (Å²) in [7, 11) is 0. The Morgan fingerprint density at radius 2 is 2.05 bits per heavy atom. The molecule has 1 heterocycles. The summed E-state index contributed by atoms with van der Waals surface area (Å²) >= 11 is 0. The highest BCUT2D eigenvalue weighted by Gasteiger charge is 2.33. The van der Waals surface area contributed by atoms with Gasteiger partial charge in [-0.2, -0.15) is 0 Å². The lowest BCUT2D eigenvalue weighted by atomic mass is 9.80. The van der Waals surface area contributed by atoms with Gasteiger partial charge in [-0.25, -0.2) is 0 Å². The first-order valence-electron chi connectivity index (χ1n) is 7.55. The molecule has 116 valence electrons. The Kier molecular flexibility index (Phi) is 5.99. The van der Waals surface area contributed by atoms with Crippen LogP contribution in [0.2, 0.25) is 0 Å². The Bertz CT molecular complexity index is 350. The Morgan fingerprint density at radius 3 is 2.60 bits per heavy atom. The Hall–Kier alpha value is -1.10. The van der Waals surface area contributed by atoms with Crippen LogP contribution >= 0.6 is 0 Å². The number of rotatable bonds is 4. The van der Waals surface area contributed by atoms with Gasteiger partial charge in [-0.05, 0) is 18.3 Å². The largest absolute Gasteiger partial charge is 0.355 e. The minimum atomic E-state index is -0.372. The number of likely N-dealkylation sites (N-methyl/N-ethyl adjacent to an activating group) is 1. The summed E-state index contributed by atoms with van der Waals surface area (Å²) < 4.78 is 0. The minimum Gasteiger partial charge on any atom is -0.355 e. The minimum absolute atomic E-state index is 0.0588. The molecule has 0 bridgehead atoms. The topological polar surface area (TPSA) is 61.4 Å². The fraction of sp³-hybridized carbons (Fsp3) is 0.867. The molecule has 5 nitrogen and oxygen atoms in total. The predicted molar refractivity (Wildman–Crippen MR) is 80.3 cm³/mol. The highest BCUT2D eigenvalue weighted by atomic mass is 16.2. The van der Waals surface area contributed by atoms with Crippen molar-refractivity contribution in [1.82, 2.24) is 15.5 Å². The molecule has 0 aromatic rings. The number of carbonyl (C=O) groups is 2. The van der Waals surface area contributed by atoms with Gasteiger partial charge in [-0.1, -0.05) is 27.7 Å². The van der Waals surface area contributed by atoms with E-state index in [-0.39, 0.29) is 23.3 Å². The molecule has 0 aliphatic carbocycles. The number of nitrogens with one attached hydrogen (secondary N) is 2. The van der Waals surface area contributed by atoms with Crippen LogP contribution in [0.3, 0.4) is 0 Å². The maximum Gasteiger partial charge on any atom is 0.244 e. The first-order chi connectivity index (χ1) is 9.27. The third kappa shape index (κ3) is 4.47. The van der Waals surface area contributed by atoms with Crippen LogP contribution < -0.4 is 10.6 Å². The molecule has 0 spiro atoms. The molecule has 0 radical (unpaired) electrons. The second kappa shape index (κ2) is 7.07. The second-order valence-corrected chi connectivity index (χ2v) is 6.67. The van der Waals surface area contributed by atoms with E-state index < -0.39 is 0 Å². The predicted octanol–water partition coefficient (Wildman–Crippen LogP) is 0.995. The van der Waals surface area contributed by atoms with Crippen LogP contribution in [0.5, 0.6) is 0 Å². The van der Waals surface area contributed by atoms with Crippen LogP contribution in [0.4, 0.5) is 0 Å². The molecule has 1 aliphatic heterocycles. The summed E-state index contributed by atoms with van der Waals surface area (Å²) in [5.41, 5.74) is 0.102. The molecule has 5 heteroatoms. The van der Waals surface area contributed by atoms with Crippen molar-refractivity contribution in [3.05, 3.63) is 0 Å². The van der Waals surface area contributed by atoms with Crippen molar-refractivity contribution in [2.45, 2.75) is 47.1 Å². The highest BCUT2D eigenvalue weighted by Crippen LogP contribution is 2.28. The molecule has 1 saturated heterocycles. The van der Waals surface area contributed by atoms with Gasteiger partial charge >= 0.3 is 0 Å². The van der Waals surface area contributed by atoms with Gasteiger partial charge in [0, 0.05) is 32.6 Å². The summed E-state index contributed by atoms with van der Waals surface area (Å²) in [6.07, 6.45) is 0.499. The highest BCUT2D eigenvalue weighted by molar-refractivity contribution is 5.88. The monoisotopic (exact) mass is 283 g/mol. The fourth-order valence-electron chi connectivity index (χ4n) is 2.21. The fourth-order valence-corrected chi connectivity index (χ4v) is 2.21. The molecule has 0 saturated carbocycles. The number of amides is 2. The molecule has 0 aromatic heterocycles. The lowest BCUT2D eigenvalue weighted by Crippen LogP contribution is -2.59. The zero-order valence-electron chi connectivity index (χ0n) is 13.5. The van der Waals surface area contributed by atoms with Crippen LogP contribution in [0.1, 0.15) is 41.0 Å². The van der Waals surface area contributed by atoms with E-state index >= 15 is 0 Å². The van der Waals surface area contributed by atoms with Crippen molar-refractivity contribution in [3.8, 4) is 0 Å². The molecule has 1 rings (SSSR count). The van der Waals surface area contributed by atoms with Crippen molar-refractivity contribution in [2.24, 2.45) is 11.3 Å². The van der Waals surface area contributed by atoms with Crippen LogP contribution in [0.15, 0.2) is 0 Å². The average Bonchev–Trinajstić information content (AvgIpc) is 2.37. The molecule has 20 heavy (non-hydrogen) atoms. The summed E-state index contributed by atoms with van der Waals surface area (Å²) in [6.45, 7) is 12.9. The third-order valence-electron chi connectivity index (χ3n) is 4.18. The van der Waals surface area contributed by atoms with Gasteiger partial charge in [0.25, 0.3) is 0 Å². The average molecular weight is 283 g/mol. The maximum absolute atomic E-state index is 12.5. The lowest BCUT2D eigenvalue weighted by molar-refractivity contribution is -0.142. The molecular weight excluding hydrogens is 254 g/mol. The van der Waals surface area contributed by atoms with E-state index in [4.69, 9.17) is 0 Å². The normalized spacial score (nSPS) is 21.4. The molecule has 2 unspecified atom stereocenters. The number of nitrogens with zero attached hydrogens (tertiary/aromatic N) is 1. The third-order valence-corrected chi connectivity index (χ3v) is 4.18. The van der Waals surface area contributed by atoms with Crippen LogP contribution in [-0.2, 0) is 9.59 Å². The first kappa shape index (κ1) is 17.0. The van der Waals surface area contributed by atoms with Crippen molar-refractivity contribution in [2.75, 3.05) is 26.2 Å². The molecule has 2 atom stereocenters. The van der Waals surface area contributed by atoms with Gasteiger partial charge in [0.1, 0.15) is 6.04 Å².